The lowest BCUT2D eigenvalue weighted by molar-refractivity contribution is -0.125. The van der Waals surface area contributed by atoms with Crippen LogP contribution in [0.3, 0.4) is 0 Å². The van der Waals surface area contributed by atoms with Gasteiger partial charge in [-0.25, -0.2) is 0 Å². The average Bonchev–Trinajstić information content (AvgIpc) is 2.43. The lowest BCUT2D eigenvalue weighted by Gasteiger charge is -2.27. The van der Waals surface area contributed by atoms with Gasteiger partial charge < -0.3 is 15.4 Å². The highest BCUT2D eigenvalue weighted by molar-refractivity contribution is 5.97. The SMILES string of the molecule is CCOc1ccc(C(=O)N[C@H](C(=O)NC(C)(C)C)C(C)C)cc1. The Morgan fingerprint density at radius 1 is 1.13 bits per heavy atom. The Balaban J connectivity index is 2.79. The van der Waals surface area contributed by atoms with Crippen LogP contribution < -0.4 is 15.4 Å². The normalized spacial score (nSPS) is 12.7. The third-order valence-electron chi connectivity index (χ3n) is 3.16. The minimum atomic E-state index is -0.576. The molecule has 5 nitrogen and oxygen atoms in total. The van der Waals surface area contributed by atoms with E-state index < -0.39 is 6.04 Å². The molecule has 1 aromatic rings. The van der Waals surface area contributed by atoms with Gasteiger partial charge in [-0.05, 0) is 57.9 Å². The summed E-state index contributed by atoms with van der Waals surface area (Å²) in [7, 11) is 0. The van der Waals surface area contributed by atoms with Crippen molar-refractivity contribution in [3.8, 4) is 5.75 Å². The first-order valence-electron chi connectivity index (χ1n) is 7.99. The first kappa shape index (κ1) is 19.0. The summed E-state index contributed by atoms with van der Waals surface area (Å²) in [6, 6.07) is 6.31. The number of carbonyl (C=O) groups is 2. The van der Waals surface area contributed by atoms with E-state index >= 15 is 0 Å². The van der Waals surface area contributed by atoms with E-state index in [2.05, 4.69) is 10.6 Å². The van der Waals surface area contributed by atoms with Crippen LogP contribution in [-0.4, -0.2) is 30.0 Å². The van der Waals surface area contributed by atoms with E-state index in [4.69, 9.17) is 4.74 Å². The van der Waals surface area contributed by atoms with Gasteiger partial charge in [-0.3, -0.25) is 9.59 Å². The van der Waals surface area contributed by atoms with Crippen molar-refractivity contribution >= 4 is 11.8 Å². The quantitative estimate of drug-likeness (QED) is 0.847. The van der Waals surface area contributed by atoms with Gasteiger partial charge >= 0.3 is 0 Å². The fourth-order valence-electron chi connectivity index (χ4n) is 2.08. The molecule has 0 saturated carbocycles. The van der Waals surface area contributed by atoms with Crippen LogP contribution >= 0.6 is 0 Å². The first-order chi connectivity index (χ1) is 10.6. The monoisotopic (exact) mass is 320 g/mol. The van der Waals surface area contributed by atoms with Gasteiger partial charge in [0.1, 0.15) is 11.8 Å². The number of amides is 2. The van der Waals surface area contributed by atoms with Crippen LogP contribution in [-0.2, 0) is 4.79 Å². The molecule has 0 fully saturated rings. The minimum Gasteiger partial charge on any atom is -0.494 e. The molecular formula is C18H28N2O3. The molecule has 0 heterocycles. The lowest BCUT2D eigenvalue weighted by atomic mass is 10.0. The zero-order valence-electron chi connectivity index (χ0n) is 14.9. The second-order valence-corrected chi connectivity index (χ2v) is 6.89. The smallest absolute Gasteiger partial charge is 0.251 e. The summed E-state index contributed by atoms with van der Waals surface area (Å²) in [5.74, 6) is 0.265. The number of nitrogens with one attached hydrogen (secondary N) is 2. The molecule has 0 aliphatic heterocycles. The molecule has 2 amide bonds. The van der Waals surface area contributed by atoms with Crippen molar-refractivity contribution in [3.63, 3.8) is 0 Å². The highest BCUT2D eigenvalue weighted by Gasteiger charge is 2.27. The van der Waals surface area contributed by atoms with Gasteiger partial charge in [-0.2, -0.15) is 0 Å². The highest BCUT2D eigenvalue weighted by Crippen LogP contribution is 2.13. The zero-order valence-corrected chi connectivity index (χ0v) is 14.9. The Bertz CT molecular complexity index is 530. The predicted molar refractivity (Wildman–Crippen MR) is 91.6 cm³/mol. The van der Waals surface area contributed by atoms with E-state index in [0.29, 0.717) is 12.2 Å². The molecule has 0 unspecified atom stereocenters. The van der Waals surface area contributed by atoms with E-state index in [1.165, 1.54) is 0 Å². The third kappa shape index (κ3) is 6.30. The Morgan fingerprint density at radius 2 is 1.70 bits per heavy atom. The molecule has 0 radical (unpaired) electrons. The van der Waals surface area contributed by atoms with Crippen LogP contribution in [0.15, 0.2) is 24.3 Å². The molecule has 0 aliphatic carbocycles. The summed E-state index contributed by atoms with van der Waals surface area (Å²) in [6.07, 6.45) is 0. The lowest BCUT2D eigenvalue weighted by Crippen LogP contribution is -2.54. The Hall–Kier alpha value is -2.04. The molecular weight excluding hydrogens is 292 g/mol. The van der Waals surface area contributed by atoms with Crippen LogP contribution in [0.4, 0.5) is 0 Å². The molecule has 23 heavy (non-hydrogen) atoms. The molecule has 0 aliphatic rings. The van der Waals surface area contributed by atoms with Crippen LogP contribution in [0, 0.1) is 5.92 Å². The van der Waals surface area contributed by atoms with Crippen molar-refractivity contribution in [2.24, 2.45) is 5.92 Å². The topological polar surface area (TPSA) is 67.4 Å². The zero-order chi connectivity index (χ0) is 17.6. The van der Waals surface area contributed by atoms with Crippen molar-refractivity contribution in [1.29, 1.82) is 0 Å². The molecule has 0 saturated heterocycles. The molecule has 0 aromatic heterocycles. The van der Waals surface area contributed by atoms with Gasteiger partial charge in [-0.1, -0.05) is 13.8 Å². The third-order valence-corrected chi connectivity index (χ3v) is 3.16. The number of rotatable bonds is 6. The molecule has 2 N–H and O–H groups in total. The Kier molecular flexibility index (Phi) is 6.61. The average molecular weight is 320 g/mol. The molecule has 1 aromatic carbocycles. The second-order valence-electron chi connectivity index (χ2n) is 6.89. The largest absolute Gasteiger partial charge is 0.494 e. The van der Waals surface area contributed by atoms with Crippen molar-refractivity contribution in [2.75, 3.05) is 6.61 Å². The molecule has 0 spiro atoms. The van der Waals surface area contributed by atoms with Gasteiger partial charge in [0.2, 0.25) is 5.91 Å². The van der Waals surface area contributed by atoms with Crippen LogP contribution in [0.1, 0.15) is 51.9 Å². The van der Waals surface area contributed by atoms with Crippen molar-refractivity contribution in [3.05, 3.63) is 29.8 Å². The second kappa shape index (κ2) is 7.99. The predicted octanol–water partition coefficient (Wildman–Crippen LogP) is 2.75. The van der Waals surface area contributed by atoms with Crippen molar-refractivity contribution < 1.29 is 14.3 Å². The van der Waals surface area contributed by atoms with Crippen molar-refractivity contribution in [2.45, 2.75) is 53.1 Å². The van der Waals surface area contributed by atoms with E-state index in [-0.39, 0.29) is 23.3 Å². The highest BCUT2D eigenvalue weighted by atomic mass is 16.5. The van der Waals surface area contributed by atoms with E-state index in [1.807, 2.05) is 41.5 Å². The van der Waals surface area contributed by atoms with Crippen LogP contribution in [0.2, 0.25) is 0 Å². The molecule has 5 heteroatoms. The maximum atomic E-state index is 12.4. The van der Waals surface area contributed by atoms with Gasteiger partial charge in [0.25, 0.3) is 5.91 Å². The maximum absolute atomic E-state index is 12.4. The molecule has 1 atom stereocenters. The summed E-state index contributed by atoms with van der Waals surface area (Å²) in [6.45, 7) is 12.0. The number of benzene rings is 1. The van der Waals surface area contributed by atoms with E-state index in [0.717, 1.165) is 5.75 Å². The van der Waals surface area contributed by atoms with Gasteiger partial charge in [0.15, 0.2) is 0 Å². The number of hydrogen-bond donors (Lipinski definition) is 2. The summed E-state index contributed by atoms with van der Waals surface area (Å²) in [5.41, 5.74) is 0.163. The van der Waals surface area contributed by atoms with Gasteiger partial charge in [-0.15, -0.1) is 0 Å². The summed E-state index contributed by atoms with van der Waals surface area (Å²) >= 11 is 0. The molecule has 128 valence electrons. The fraction of sp³-hybridized carbons (Fsp3) is 0.556. The molecule has 1 rings (SSSR count). The Labute approximate surface area is 138 Å². The number of carbonyl (C=O) groups excluding carboxylic acids is 2. The van der Waals surface area contributed by atoms with Crippen LogP contribution in [0.5, 0.6) is 5.75 Å². The number of hydrogen-bond acceptors (Lipinski definition) is 3. The number of ether oxygens (including phenoxy) is 1. The van der Waals surface area contributed by atoms with E-state index in [1.54, 1.807) is 24.3 Å². The van der Waals surface area contributed by atoms with Crippen LogP contribution in [0.25, 0.3) is 0 Å². The standard InChI is InChI=1S/C18H28N2O3/c1-7-23-14-10-8-13(9-11-14)16(21)19-15(12(2)3)17(22)20-18(4,5)6/h8-12,15H,7H2,1-6H3,(H,19,21)(H,20,22)/t15-/m0/s1. The maximum Gasteiger partial charge on any atom is 0.251 e. The minimum absolute atomic E-state index is 0.0102. The molecule has 0 bridgehead atoms. The van der Waals surface area contributed by atoms with Gasteiger partial charge in [0.05, 0.1) is 6.61 Å². The van der Waals surface area contributed by atoms with E-state index in [9.17, 15) is 9.59 Å². The summed E-state index contributed by atoms with van der Waals surface area (Å²) in [5, 5.41) is 5.72. The summed E-state index contributed by atoms with van der Waals surface area (Å²) in [4.78, 5) is 24.7. The fourth-order valence-corrected chi connectivity index (χ4v) is 2.08. The van der Waals surface area contributed by atoms with Crippen molar-refractivity contribution in [1.82, 2.24) is 10.6 Å². The summed E-state index contributed by atoms with van der Waals surface area (Å²) < 4.78 is 5.36. The van der Waals surface area contributed by atoms with Gasteiger partial charge in [0, 0.05) is 11.1 Å². The Morgan fingerprint density at radius 3 is 2.13 bits per heavy atom. The first-order valence-corrected chi connectivity index (χ1v) is 7.99.